The molecule has 0 fully saturated rings. The van der Waals surface area contributed by atoms with Crippen LogP contribution in [0.25, 0.3) is 0 Å². The molecule has 7 heteroatoms. The third-order valence-corrected chi connectivity index (χ3v) is 3.27. The van der Waals surface area contributed by atoms with E-state index in [4.69, 9.17) is 9.47 Å². The lowest BCUT2D eigenvalue weighted by Gasteiger charge is -2.13. The van der Waals surface area contributed by atoms with Gasteiger partial charge in [-0.2, -0.15) is 0 Å². The average Bonchev–Trinajstić information content (AvgIpc) is 2.53. The van der Waals surface area contributed by atoms with Gasteiger partial charge in [-0.1, -0.05) is 0 Å². The van der Waals surface area contributed by atoms with E-state index in [1.807, 2.05) is 0 Å². The number of hydrogen-bond donors (Lipinski definition) is 0. The molecule has 0 aromatic heterocycles. The molecule has 0 N–H and O–H groups in total. The van der Waals surface area contributed by atoms with Crippen LogP contribution in [-0.4, -0.2) is 17.3 Å². The van der Waals surface area contributed by atoms with Gasteiger partial charge in [-0.3, -0.25) is 14.9 Å². The Morgan fingerprint density at radius 2 is 1.92 bits per heavy atom. The summed E-state index contributed by atoms with van der Waals surface area (Å²) in [5, 5.41) is 11.0. The van der Waals surface area contributed by atoms with Crippen LogP contribution >= 0.6 is 0 Å². The fourth-order valence-corrected chi connectivity index (χ4v) is 2.12. The van der Waals surface area contributed by atoms with Crippen molar-refractivity contribution in [2.24, 2.45) is 0 Å². The van der Waals surface area contributed by atoms with Crippen molar-refractivity contribution in [3.63, 3.8) is 0 Å². The van der Waals surface area contributed by atoms with Crippen LogP contribution in [-0.2, 0) is 6.61 Å². The zero-order valence-corrected chi connectivity index (χ0v) is 13.2. The van der Waals surface area contributed by atoms with Crippen molar-refractivity contribution < 1.29 is 23.6 Å². The molecule has 0 atom stereocenters. The maximum Gasteiger partial charge on any atom is 0.311 e. The summed E-state index contributed by atoms with van der Waals surface area (Å²) in [4.78, 5) is 21.9. The molecule has 2 aromatic carbocycles. The fourth-order valence-electron chi connectivity index (χ4n) is 2.12. The summed E-state index contributed by atoms with van der Waals surface area (Å²) in [5.74, 6) is -0.452. The number of rotatable bonds is 7. The predicted molar refractivity (Wildman–Crippen MR) is 85.0 cm³/mol. The van der Waals surface area contributed by atoms with Gasteiger partial charge < -0.3 is 9.47 Å². The van der Waals surface area contributed by atoms with E-state index in [-0.39, 0.29) is 23.8 Å². The number of nitro groups is 1. The molecule has 0 aliphatic rings. The molecule has 0 aliphatic carbocycles. The van der Waals surface area contributed by atoms with E-state index >= 15 is 0 Å². The van der Waals surface area contributed by atoms with Gasteiger partial charge in [0.05, 0.1) is 11.5 Å². The number of ether oxygens (including phenoxy) is 2. The van der Waals surface area contributed by atoms with Crippen molar-refractivity contribution in [3.05, 3.63) is 63.5 Å². The zero-order valence-electron chi connectivity index (χ0n) is 13.2. The second-order valence-electron chi connectivity index (χ2n) is 4.97. The Morgan fingerprint density at radius 1 is 1.17 bits per heavy atom. The summed E-state index contributed by atoms with van der Waals surface area (Å²) in [7, 11) is 0. The Morgan fingerprint density at radius 3 is 2.54 bits per heavy atom. The van der Waals surface area contributed by atoms with Crippen molar-refractivity contribution in [1.82, 2.24) is 0 Å². The summed E-state index contributed by atoms with van der Waals surface area (Å²) in [6.07, 6.45) is 0. The van der Waals surface area contributed by atoms with E-state index in [1.54, 1.807) is 25.1 Å². The van der Waals surface area contributed by atoms with Gasteiger partial charge in [0.15, 0.2) is 11.5 Å². The highest BCUT2D eigenvalue weighted by atomic mass is 19.1. The highest BCUT2D eigenvalue weighted by molar-refractivity contribution is 5.94. The van der Waals surface area contributed by atoms with Crippen LogP contribution in [0, 0.1) is 15.9 Å². The minimum Gasteiger partial charge on any atom is -0.493 e. The minimum absolute atomic E-state index is 0.0965. The van der Waals surface area contributed by atoms with Gasteiger partial charge in [0.25, 0.3) is 0 Å². The number of ketones is 1. The maximum atomic E-state index is 13.3. The lowest BCUT2D eigenvalue weighted by molar-refractivity contribution is -0.386. The Kier molecular flexibility index (Phi) is 5.47. The van der Waals surface area contributed by atoms with Crippen LogP contribution in [0.3, 0.4) is 0 Å². The molecule has 0 saturated carbocycles. The number of halogens is 1. The van der Waals surface area contributed by atoms with E-state index in [1.165, 1.54) is 6.92 Å². The van der Waals surface area contributed by atoms with Crippen molar-refractivity contribution in [1.29, 1.82) is 0 Å². The van der Waals surface area contributed by atoms with E-state index in [0.717, 1.165) is 18.2 Å². The molecular formula is C17H16FNO5. The monoisotopic (exact) mass is 333 g/mol. The number of nitrogens with zero attached hydrogens (tertiary/aromatic N) is 1. The minimum atomic E-state index is -0.649. The quantitative estimate of drug-likeness (QED) is 0.436. The third-order valence-electron chi connectivity index (χ3n) is 3.27. The normalized spacial score (nSPS) is 10.3. The number of benzene rings is 2. The zero-order chi connectivity index (χ0) is 17.7. The van der Waals surface area contributed by atoms with Gasteiger partial charge in [-0.05, 0) is 38.1 Å². The third kappa shape index (κ3) is 4.07. The molecule has 0 radical (unpaired) electrons. The van der Waals surface area contributed by atoms with Gasteiger partial charge >= 0.3 is 5.69 Å². The van der Waals surface area contributed by atoms with Gasteiger partial charge in [0, 0.05) is 23.3 Å². The Balaban J connectivity index is 2.31. The second-order valence-corrected chi connectivity index (χ2v) is 4.97. The summed E-state index contributed by atoms with van der Waals surface area (Å²) >= 11 is 0. The first kappa shape index (κ1) is 17.4. The molecule has 6 nitrogen and oxygen atoms in total. The topological polar surface area (TPSA) is 78.7 Å². The smallest absolute Gasteiger partial charge is 0.311 e. The second kappa shape index (κ2) is 7.54. The van der Waals surface area contributed by atoms with Crippen LogP contribution in [0.4, 0.5) is 10.1 Å². The lowest BCUT2D eigenvalue weighted by Crippen LogP contribution is -2.05. The number of hydrogen-bond acceptors (Lipinski definition) is 5. The summed E-state index contributed by atoms with van der Waals surface area (Å²) < 4.78 is 24.2. The van der Waals surface area contributed by atoms with Crippen LogP contribution in [0.1, 0.15) is 29.8 Å². The summed E-state index contributed by atoms with van der Waals surface area (Å²) in [5.41, 5.74) is 0.672. The molecule has 0 spiro atoms. The fraction of sp³-hybridized carbons (Fsp3) is 0.235. The molecule has 0 aliphatic heterocycles. The van der Waals surface area contributed by atoms with Gasteiger partial charge in [0.1, 0.15) is 18.2 Å². The van der Waals surface area contributed by atoms with Crippen molar-refractivity contribution in [2.45, 2.75) is 20.5 Å². The molecular weight excluding hydrogens is 317 g/mol. The van der Waals surface area contributed by atoms with Gasteiger partial charge in [-0.25, -0.2) is 4.39 Å². The van der Waals surface area contributed by atoms with Crippen molar-refractivity contribution in [2.75, 3.05) is 6.61 Å². The molecule has 126 valence electrons. The molecule has 0 amide bonds. The van der Waals surface area contributed by atoms with E-state index < -0.39 is 10.7 Å². The number of carbonyl (C=O) groups is 1. The first-order chi connectivity index (χ1) is 11.4. The summed E-state index contributed by atoms with van der Waals surface area (Å²) in [6, 6.07) is 7.85. The molecule has 2 aromatic rings. The van der Waals surface area contributed by atoms with Gasteiger partial charge in [-0.15, -0.1) is 0 Å². The Bertz CT molecular complexity index is 776. The molecule has 2 rings (SSSR count). The molecule has 0 saturated heterocycles. The SMILES string of the molecule is CCOc1ccc(C(C)=O)cc1COc1cc(F)ccc1[N+](=O)[O-]. The largest absolute Gasteiger partial charge is 0.493 e. The van der Waals surface area contributed by atoms with E-state index in [9.17, 15) is 19.3 Å². The van der Waals surface area contributed by atoms with Gasteiger partial charge in [0.2, 0.25) is 0 Å². The van der Waals surface area contributed by atoms with E-state index in [0.29, 0.717) is 23.5 Å². The van der Waals surface area contributed by atoms with Crippen LogP contribution in [0.15, 0.2) is 36.4 Å². The standard InChI is InChI=1S/C17H16FNO5/c1-3-23-16-7-4-12(11(2)20)8-13(16)10-24-17-9-14(18)5-6-15(17)19(21)22/h4-9H,3,10H2,1-2H3. The number of carbonyl (C=O) groups excluding carboxylic acids is 1. The predicted octanol–water partition coefficient (Wildman–Crippen LogP) is 3.91. The van der Waals surface area contributed by atoms with Crippen LogP contribution in [0.2, 0.25) is 0 Å². The molecule has 0 bridgehead atoms. The molecule has 0 heterocycles. The first-order valence-corrected chi connectivity index (χ1v) is 7.25. The number of Topliss-reactive ketones (excluding diaryl/α,β-unsaturated/α-hetero) is 1. The average molecular weight is 333 g/mol. The van der Waals surface area contributed by atoms with E-state index in [2.05, 4.69) is 0 Å². The number of nitro benzene ring substituents is 1. The molecule has 24 heavy (non-hydrogen) atoms. The van der Waals surface area contributed by atoms with Crippen LogP contribution < -0.4 is 9.47 Å². The highest BCUT2D eigenvalue weighted by Crippen LogP contribution is 2.30. The Labute approximate surface area is 138 Å². The highest BCUT2D eigenvalue weighted by Gasteiger charge is 2.17. The maximum absolute atomic E-state index is 13.3. The molecule has 0 unspecified atom stereocenters. The summed E-state index contributed by atoms with van der Waals surface area (Å²) in [6.45, 7) is 3.55. The first-order valence-electron chi connectivity index (χ1n) is 7.25. The van der Waals surface area contributed by atoms with Crippen LogP contribution in [0.5, 0.6) is 11.5 Å². The Hall–Kier alpha value is -2.96. The van der Waals surface area contributed by atoms with Crippen molar-refractivity contribution >= 4 is 11.5 Å². The van der Waals surface area contributed by atoms with Crippen molar-refractivity contribution in [3.8, 4) is 11.5 Å². The lowest BCUT2D eigenvalue weighted by atomic mass is 10.1.